The number of anilines is 1. The van der Waals surface area contributed by atoms with Crippen molar-refractivity contribution < 1.29 is 19.5 Å². The third-order valence-electron chi connectivity index (χ3n) is 2.86. The molecule has 6 heteroatoms. The minimum atomic E-state index is -1.04. The van der Waals surface area contributed by atoms with Crippen molar-refractivity contribution in [2.24, 2.45) is 0 Å². The van der Waals surface area contributed by atoms with Crippen LogP contribution in [0.25, 0.3) is 0 Å². The quantitative estimate of drug-likeness (QED) is 0.764. The first kappa shape index (κ1) is 15.8. The number of ketones is 1. The minimum Gasteiger partial charge on any atom is -0.480 e. The number of carboxylic acids is 1. The lowest BCUT2D eigenvalue weighted by atomic mass is 10.1. The van der Waals surface area contributed by atoms with Gasteiger partial charge in [0, 0.05) is 11.3 Å². The molecule has 0 aliphatic rings. The molecule has 1 rings (SSSR count). The number of carbonyl (C=O) groups excluding carboxylic acids is 2. The normalized spacial score (nSPS) is 12.0. The number of nitrogens with zero attached hydrogens (tertiary/aromatic N) is 1. The molecular formula is C14H18N2O4. The number of hydrogen-bond donors (Lipinski definition) is 2. The lowest BCUT2D eigenvalue weighted by Crippen LogP contribution is -2.38. The van der Waals surface area contributed by atoms with E-state index in [0.29, 0.717) is 11.3 Å². The highest BCUT2D eigenvalue weighted by atomic mass is 16.4. The van der Waals surface area contributed by atoms with Gasteiger partial charge in [0.25, 0.3) is 0 Å². The van der Waals surface area contributed by atoms with Gasteiger partial charge >= 0.3 is 5.97 Å². The highest BCUT2D eigenvalue weighted by Gasteiger charge is 2.23. The van der Waals surface area contributed by atoms with Gasteiger partial charge in [-0.25, -0.2) is 0 Å². The molecule has 0 fully saturated rings. The monoisotopic (exact) mass is 278 g/mol. The van der Waals surface area contributed by atoms with E-state index < -0.39 is 12.0 Å². The Kier molecular flexibility index (Phi) is 5.40. The summed E-state index contributed by atoms with van der Waals surface area (Å²) in [6.07, 6.45) is -0.142. The summed E-state index contributed by atoms with van der Waals surface area (Å²) in [4.78, 5) is 35.4. The zero-order valence-electron chi connectivity index (χ0n) is 11.7. The van der Waals surface area contributed by atoms with Crippen LogP contribution in [-0.2, 0) is 9.59 Å². The zero-order valence-corrected chi connectivity index (χ0v) is 11.7. The fourth-order valence-corrected chi connectivity index (χ4v) is 1.67. The Hall–Kier alpha value is -2.21. The zero-order chi connectivity index (χ0) is 15.3. The highest BCUT2D eigenvalue weighted by Crippen LogP contribution is 2.11. The van der Waals surface area contributed by atoms with Crippen molar-refractivity contribution in [2.45, 2.75) is 19.4 Å². The van der Waals surface area contributed by atoms with Crippen molar-refractivity contribution in [1.29, 1.82) is 0 Å². The number of carboxylic acid groups (broad SMARTS) is 1. The summed E-state index contributed by atoms with van der Waals surface area (Å²) in [5.74, 6) is -1.49. The number of amides is 1. The first-order valence-corrected chi connectivity index (χ1v) is 6.11. The SMILES string of the molecule is CC(=O)c1ccc(NC(=O)CC(C(=O)O)N(C)C)cc1. The Balaban J connectivity index is 2.66. The fraction of sp³-hybridized carbons (Fsp3) is 0.357. The number of nitrogens with one attached hydrogen (secondary N) is 1. The minimum absolute atomic E-state index is 0.0542. The van der Waals surface area contributed by atoms with Crippen molar-refractivity contribution in [2.75, 3.05) is 19.4 Å². The third-order valence-corrected chi connectivity index (χ3v) is 2.86. The van der Waals surface area contributed by atoms with Gasteiger partial charge in [-0.1, -0.05) is 0 Å². The second-order valence-corrected chi connectivity index (χ2v) is 4.70. The van der Waals surface area contributed by atoms with Crippen LogP contribution in [-0.4, -0.2) is 47.8 Å². The van der Waals surface area contributed by atoms with E-state index in [1.54, 1.807) is 38.4 Å². The summed E-state index contributed by atoms with van der Waals surface area (Å²) in [6.45, 7) is 1.46. The Morgan fingerprint density at radius 3 is 2.15 bits per heavy atom. The lowest BCUT2D eigenvalue weighted by Gasteiger charge is -2.19. The van der Waals surface area contributed by atoms with Crippen LogP contribution in [0.4, 0.5) is 5.69 Å². The van der Waals surface area contributed by atoms with Crippen molar-refractivity contribution in [3.63, 3.8) is 0 Å². The molecule has 0 radical (unpaired) electrons. The number of carbonyl (C=O) groups is 3. The molecule has 1 aromatic rings. The summed E-state index contributed by atoms with van der Waals surface area (Å²) in [6, 6.07) is 5.57. The van der Waals surface area contributed by atoms with Gasteiger partial charge in [0.1, 0.15) is 6.04 Å². The van der Waals surface area contributed by atoms with Crippen LogP contribution in [0.15, 0.2) is 24.3 Å². The molecular weight excluding hydrogens is 260 g/mol. The molecule has 2 N–H and O–H groups in total. The van der Waals surface area contributed by atoms with Gasteiger partial charge in [-0.2, -0.15) is 0 Å². The molecule has 0 bridgehead atoms. The van der Waals surface area contributed by atoms with Gasteiger partial charge < -0.3 is 10.4 Å². The molecule has 1 amide bonds. The van der Waals surface area contributed by atoms with Gasteiger partial charge in [-0.15, -0.1) is 0 Å². The summed E-state index contributed by atoms with van der Waals surface area (Å²) < 4.78 is 0. The van der Waals surface area contributed by atoms with Crippen molar-refractivity contribution >= 4 is 23.3 Å². The first-order valence-electron chi connectivity index (χ1n) is 6.11. The second kappa shape index (κ2) is 6.81. The van der Waals surface area contributed by atoms with Crippen LogP contribution in [0.5, 0.6) is 0 Å². The van der Waals surface area contributed by atoms with Crippen LogP contribution in [0.1, 0.15) is 23.7 Å². The van der Waals surface area contributed by atoms with E-state index in [1.165, 1.54) is 11.8 Å². The summed E-state index contributed by atoms with van der Waals surface area (Å²) in [5.41, 5.74) is 1.09. The van der Waals surface area contributed by atoms with E-state index in [2.05, 4.69) is 5.32 Å². The molecule has 0 spiro atoms. The predicted molar refractivity (Wildman–Crippen MR) is 74.8 cm³/mol. The third kappa shape index (κ3) is 4.47. The summed E-state index contributed by atoms with van der Waals surface area (Å²) >= 11 is 0. The van der Waals surface area contributed by atoms with Gasteiger partial charge in [-0.05, 0) is 45.3 Å². The Morgan fingerprint density at radius 2 is 1.75 bits per heavy atom. The van der Waals surface area contributed by atoms with Crippen LogP contribution < -0.4 is 5.32 Å². The molecule has 1 unspecified atom stereocenters. The largest absolute Gasteiger partial charge is 0.480 e. The molecule has 0 aromatic heterocycles. The van der Waals surface area contributed by atoms with Gasteiger partial charge in [0.15, 0.2) is 5.78 Å². The van der Waals surface area contributed by atoms with E-state index in [4.69, 9.17) is 5.11 Å². The molecule has 0 heterocycles. The van der Waals surface area contributed by atoms with Crippen LogP contribution in [0.2, 0.25) is 0 Å². The Morgan fingerprint density at radius 1 is 1.20 bits per heavy atom. The van der Waals surface area contributed by atoms with E-state index in [0.717, 1.165) is 0 Å². The number of hydrogen-bond acceptors (Lipinski definition) is 4. The van der Waals surface area contributed by atoms with Crippen LogP contribution in [0, 0.1) is 0 Å². The topological polar surface area (TPSA) is 86.7 Å². The maximum Gasteiger partial charge on any atom is 0.321 e. The predicted octanol–water partition coefficient (Wildman–Crippen LogP) is 1.23. The number of aliphatic carboxylic acids is 1. The molecule has 20 heavy (non-hydrogen) atoms. The van der Waals surface area contributed by atoms with E-state index in [1.807, 2.05) is 0 Å². The Bertz CT molecular complexity index is 508. The molecule has 0 aliphatic heterocycles. The molecule has 0 saturated carbocycles. The van der Waals surface area contributed by atoms with E-state index in [-0.39, 0.29) is 18.1 Å². The highest BCUT2D eigenvalue weighted by molar-refractivity contribution is 5.96. The second-order valence-electron chi connectivity index (χ2n) is 4.70. The molecule has 1 atom stereocenters. The number of rotatable bonds is 6. The summed E-state index contributed by atoms with van der Waals surface area (Å²) in [7, 11) is 3.21. The molecule has 6 nitrogen and oxygen atoms in total. The maximum atomic E-state index is 11.8. The standard InChI is InChI=1S/C14H18N2O4/c1-9(17)10-4-6-11(7-5-10)15-13(18)8-12(14(19)20)16(2)3/h4-7,12H,8H2,1-3H3,(H,15,18)(H,19,20). The van der Waals surface area contributed by atoms with Gasteiger partial charge in [0.05, 0.1) is 6.42 Å². The van der Waals surface area contributed by atoms with Crippen molar-refractivity contribution in [1.82, 2.24) is 4.90 Å². The van der Waals surface area contributed by atoms with E-state index >= 15 is 0 Å². The lowest BCUT2D eigenvalue weighted by molar-refractivity contribution is -0.144. The molecule has 108 valence electrons. The number of likely N-dealkylation sites (N-methyl/N-ethyl adjacent to an activating group) is 1. The van der Waals surface area contributed by atoms with Gasteiger partial charge in [-0.3, -0.25) is 19.3 Å². The average molecular weight is 278 g/mol. The number of Topliss-reactive ketones (excluding diaryl/α,β-unsaturated/α-hetero) is 1. The molecule has 0 aliphatic carbocycles. The Labute approximate surface area is 117 Å². The van der Waals surface area contributed by atoms with Crippen LogP contribution >= 0.6 is 0 Å². The molecule has 0 saturated heterocycles. The van der Waals surface area contributed by atoms with Crippen molar-refractivity contribution in [3.05, 3.63) is 29.8 Å². The van der Waals surface area contributed by atoms with E-state index in [9.17, 15) is 14.4 Å². The van der Waals surface area contributed by atoms with Crippen LogP contribution in [0.3, 0.4) is 0 Å². The number of benzene rings is 1. The summed E-state index contributed by atoms with van der Waals surface area (Å²) in [5, 5.41) is 11.6. The maximum absolute atomic E-state index is 11.8. The first-order chi connectivity index (χ1) is 9.31. The smallest absolute Gasteiger partial charge is 0.321 e. The average Bonchev–Trinajstić information content (AvgIpc) is 2.35. The van der Waals surface area contributed by atoms with Crippen molar-refractivity contribution in [3.8, 4) is 0 Å². The van der Waals surface area contributed by atoms with Gasteiger partial charge in [0.2, 0.25) is 5.91 Å². The molecule has 1 aromatic carbocycles. The fourth-order valence-electron chi connectivity index (χ4n) is 1.67.